The molecule has 1 aliphatic rings. The lowest BCUT2D eigenvalue weighted by Gasteiger charge is -2.08. The fraction of sp³-hybridized carbons (Fsp3) is 0.571. The fourth-order valence-electron chi connectivity index (χ4n) is 2.72. The summed E-state index contributed by atoms with van der Waals surface area (Å²) in [5, 5.41) is 20.8. The van der Waals surface area contributed by atoms with Crippen LogP contribution < -0.4 is 5.32 Å². The summed E-state index contributed by atoms with van der Waals surface area (Å²) in [6.07, 6.45) is 12.9. The third kappa shape index (κ3) is 3.98. The predicted molar refractivity (Wildman–Crippen MR) is 83.6 cm³/mol. The van der Waals surface area contributed by atoms with E-state index in [0.717, 1.165) is 12.2 Å². The van der Waals surface area contributed by atoms with Crippen LogP contribution >= 0.6 is 12.4 Å². The van der Waals surface area contributed by atoms with E-state index in [-0.39, 0.29) is 19.0 Å². The van der Waals surface area contributed by atoms with Crippen LogP contribution in [0.4, 0.5) is 5.69 Å². The van der Waals surface area contributed by atoms with Gasteiger partial charge in [0.05, 0.1) is 37.3 Å². The smallest absolute Gasteiger partial charge is 0.0729 e. The molecule has 2 aromatic heterocycles. The van der Waals surface area contributed by atoms with E-state index in [0.29, 0.717) is 12.6 Å². The Morgan fingerprint density at radius 1 is 1.19 bits per heavy atom. The van der Waals surface area contributed by atoms with Crippen molar-refractivity contribution >= 4 is 18.1 Å². The van der Waals surface area contributed by atoms with Crippen LogP contribution in [0.25, 0.3) is 0 Å². The zero-order valence-corrected chi connectivity index (χ0v) is 12.8. The summed E-state index contributed by atoms with van der Waals surface area (Å²) in [7, 11) is 0. The minimum Gasteiger partial charge on any atom is -0.394 e. The molecule has 1 aliphatic carbocycles. The lowest BCUT2D eigenvalue weighted by molar-refractivity contribution is 0.269. The molecule has 1 fully saturated rings. The second-order valence-electron chi connectivity index (χ2n) is 5.34. The third-order valence-corrected chi connectivity index (χ3v) is 3.81. The Balaban J connectivity index is 0.00000161. The minimum absolute atomic E-state index is 0. The van der Waals surface area contributed by atoms with E-state index < -0.39 is 0 Å². The first-order chi connectivity index (χ1) is 9.85. The summed E-state index contributed by atoms with van der Waals surface area (Å²) >= 11 is 0. The number of aliphatic hydroxyl groups excluding tert-OH is 1. The molecule has 116 valence electrons. The second kappa shape index (κ2) is 7.47. The first-order valence-corrected chi connectivity index (χ1v) is 7.25. The molecule has 2 N–H and O–H groups in total. The summed E-state index contributed by atoms with van der Waals surface area (Å²) in [5.41, 5.74) is 2.15. The molecular formula is C14H22ClN5O. The van der Waals surface area contributed by atoms with Crippen LogP contribution in [0.5, 0.6) is 0 Å². The Bertz CT molecular complexity index is 547. The molecule has 0 radical (unpaired) electrons. The molecule has 0 aromatic carbocycles. The molecule has 2 heterocycles. The molecule has 0 saturated heterocycles. The molecule has 0 unspecified atom stereocenters. The van der Waals surface area contributed by atoms with Crippen molar-refractivity contribution in [3.8, 4) is 0 Å². The number of anilines is 1. The second-order valence-corrected chi connectivity index (χ2v) is 5.34. The fourth-order valence-corrected chi connectivity index (χ4v) is 2.72. The molecule has 0 atom stereocenters. The number of hydrogen-bond donors (Lipinski definition) is 2. The van der Waals surface area contributed by atoms with Gasteiger partial charge in [-0.2, -0.15) is 10.2 Å². The predicted octanol–water partition coefficient (Wildman–Crippen LogP) is 2.22. The van der Waals surface area contributed by atoms with E-state index in [1.54, 1.807) is 10.9 Å². The van der Waals surface area contributed by atoms with Crippen LogP contribution in [0.2, 0.25) is 0 Å². The Hall–Kier alpha value is -1.53. The number of rotatable bonds is 6. The maximum Gasteiger partial charge on any atom is 0.0729 e. The molecule has 1 saturated carbocycles. The number of halogens is 1. The Labute approximate surface area is 130 Å². The topological polar surface area (TPSA) is 67.9 Å². The highest BCUT2D eigenvalue weighted by molar-refractivity contribution is 5.85. The van der Waals surface area contributed by atoms with Gasteiger partial charge in [0.2, 0.25) is 0 Å². The van der Waals surface area contributed by atoms with Crippen molar-refractivity contribution < 1.29 is 5.11 Å². The molecule has 7 heteroatoms. The number of aliphatic hydroxyl groups is 1. The zero-order chi connectivity index (χ0) is 13.8. The van der Waals surface area contributed by atoms with Gasteiger partial charge < -0.3 is 10.4 Å². The van der Waals surface area contributed by atoms with E-state index in [4.69, 9.17) is 5.11 Å². The van der Waals surface area contributed by atoms with Crippen LogP contribution in [0.15, 0.2) is 24.8 Å². The van der Waals surface area contributed by atoms with Crippen LogP contribution in [-0.4, -0.2) is 31.3 Å². The maximum atomic E-state index is 8.85. The summed E-state index contributed by atoms with van der Waals surface area (Å²) in [5.74, 6) is 0. The summed E-state index contributed by atoms with van der Waals surface area (Å²) < 4.78 is 3.84. The normalized spacial score (nSPS) is 15.1. The van der Waals surface area contributed by atoms with Crippen LogP contribution in [-0.2, 0) is 13.1 Å². The quantitative estimate of drug-likeness (QED) is 0.858. The highest BCUT2D eigenvalue weighted by Crippen LogP contribution is 2.28. The van der Waals surface area contributed by atoms with Gasteiger partial charge in [-0.05, 0) is 12.8 Å². The maximum absolute atomic E-state index is 8.85. The van der Waals surface area contributed by atoms with E-state index in [2.05, 4.69) is 26.4 Å². The van der Waals surface area contributed by atoms with Gasteiger partial charge in [-0.1, -0.05) is 12.8 Å². The van der Waals surface area contributed by atoms with Gasteiger partial charge in [0.15, 0.2) is 0 Å². The molecule has 21 heavy (non-hydrogen) atoms. The lowest BCUT2D eigenvalue weighted by Crippen LogP contribution is -2.04. The molecule has 0 amide bonds. The van der Waals surface area contributed by atoms with Crippen LogP contribution in [0.3, 0.4) is 0 Å². The highest BCUT2D eigenvalue weighted by atomic mass is 35.5. The standard InChI is InChI=1S/C14H21N5O.ClH/c20-6-5-18-11-13(9-16-18)15-7-12-8-17-19(10-12)14-3-1-2-4-14;/h8-11,14-15,20H,1-7H2;1H. The number of aromatic nitrogens is 4. The van der Waals surface area contributed by atoms with Crippen LogP contribution in [0, 0.1) is 0 Å². The molecule has 2 aromatic rings. The summed E-state index contributed by atoms with van der Waals surface area (Å²) in [4.78, 5) is 0. The third-order valence-electron chi connectivity index (χ3n) is 3.81. The first-order valence-electron chi connectivity index (χ1n) is 7.25. The SMILES string of the molecule is Cl.OCCn1cc(NCc2cnn(C3CCCC3)c2)cn1. The van der Waals surface area contributed by atoms with Crippen molar-refractivity contribution in [1.82, 2.24) is 19.6 Å². The molecule has 0 spiro atoms. The Morgan fingerprint density at radius 3 is 2.76 bits per heavy atom. The van der Waals surface area contributed by atoms with E-state index in [9.17, 15) is 0 Å². The summed E-state index contributed by atoms with van der Waals surface area (Å²) in [6, 6.07) is 0.594. The van der Waals surface area contributed by atoms with Crippen molar-refractivity contribution in [1.29, 1.82) is 0 Å². The van der Waals surface area contributed by atoms with Gasteiger partial charge in [-0.3, -0.25) is 9.36 Å². The number of nitrogens with one attached hydrogen (secondary N) is 1. The van der Waals surface area contributed by atoms with Crippen molar-refractivity contribution in [3.63, 3.8) is 0 Å². The monoisotopic (exact) mass is 311 g/mol. The Kier molecular flexibility index (Phi) is 5.64. The highest BCUT2D eigenvalue weighted by Gasteiger charge is 2.17. The Morgan fingerprint density at radius 2 is 2.00 bits per heavy atom. The summed E-state index contributed by atoms with van der Waals surface area (Å²) in [6.45, 7) is 1.38. The van der Waals surface area contributed by atoms with Gasteiger partial charge >= 0.3 is 0 Å². The van der Waals surface area contributed by atoms with Crippen LogP contribution in [0.1, 0.15) is 37.3 Å². The first kappa shape index (κ1) is 15.9. The van der Waals surface area contributed by atoms with Crippen molar-refractivity contribution in [3.05, 3.63) is 30.4 Å². The van der Waals surface area contributed by atoms with Crippen molar-refractivity contribution in [2.75, 3.05) is 11.9 Å². The number of hydrogen-bond acceptors (Lipinski definition) is 4. The van der Waals surface area contributed by atoms with E-state index in [1.807, 2.05) is 12.4 Å². The largest absolute Gasteiger partial charge is 0.394 e. The van der Waals surface area contributed by atoms with E-state index in [1.165, 1.54) is 31.2 Å². The molecular weight excluding hydrogens is 290 g/mol. The molecule has 0 bridgehead atoms. The minimum atomic E-state index is 0. The number of nitrogens with zero attached hydrogens (tertiary/aromatic N) is 4. The van der Waals surface area contributed by atoms with Gasteiger partial charge in [0, 0.05) is 24.5 Å². The average molecular weight is 312 g/mol. The van der Waals surface area contributed by atoms with Crippen molar-refractivity contribution in [2.45, 2.75) is 44.8 Å². The molecule has 3 rings (SSSR count). The van der Waals surface area contributed by atoms with Gasteiger partial charge in [-0.25, -0.2) is 0 Å². The molecule has 6 nitrogen and oxygen atoms in total. The lowest BCUT2D eigenvalue weighted by atomic mass is 10.2. The van der Waals surface area contributed by atoms with E-state index >= 15 is 0 Å². The molecule has 0 aliphatic heterocycles. The zero-order valence-electron chi connectivity index (χ0n) is 12.0. The van der Waals surface area contributed by atoms with Gasteiger partial charge in [0.1, 0.15) is 0 Å². The van der Waals surface area contributed by atoms with Gasteiger partial charge in [-0.15, -0.1) is 12.4 Å². The van der Waals surface area contributed by atoms with Gasteiger partial charge in [0.25, 0.3) is 0 Å². The van der Waals surface area contributed by atoms with Crippen molar-refractivity contribution in [2.24, 2.45) is 0 Å². The average Bonchev–Trinajstić information content (AvgIpc) is 3.18.